The maximum atomic E-state index is 11.4. The summed E-state index contributed by atoms with van der Waals surface area (Å²) in [6.45, 7) is 14.1. The molecular formula is C18H36O7. The Morgan fingerprint density at radius 1 is 0.720 bits per heavy atom. The lowest BCUT2D eigenvalue weighted by atomic mass is 10.2. The van der Waals surface area contributed by atoms with Crippen molar-refractivity contribution in [3.05, 3.63) is 0 Å². The normalized spacial score (nSPS) is 11.9. The van der Waals surface area contributed by atoms with Crippen molar-refractivity contribution >= 4 is 5.97 Å². The molecule has 0 fully saturated rings. The van der Waals surface area contributed by atoms with E-state index in [-0.39, 0.29) is 18.5 Å². The predicted octanol–water partition coefficient (Wildman–Crippen LogP) is 2.21. The standard InChI is InChI=1S/C18H36O7/c1-16(2)24-15-14-23-13-12-22-11-10-21-9-8-20-7-6-17(19)25-18(3,4)5/h16H,6-15H2,1-5H3. The van der Waals surface area contributed by atoms with Gasteiger partial charge in [-0.15, -0.1) is 0 Å². The first-order valence-corrected chi connectivity index (χ1v) is 8.95. The van der Waals surface area contributed by atoms with Crippen LogP contribution in [0.25, 0.3) is 0 Å². The molecule has 0 bridgehead atoms. The maximum Gasteiger partial charge on any atom is 0.308 e. The monoisotopic (exact) mass is 364 g/mol. The van der Waals surface area contributed by atoms with Gasteiger partial charge in [-0.05, 0) is 34.6 Å². The molecule has 0 saturated carbocycles. The third-order valence-corrected chi connectivity index (χ3v) is 2.67. The molecule has 0 aromatic rings. The van der Waals surface area contributed by atoms with Gasteiger partial charge in [-0.25, -0.2) is 0 Å². The Labute approximate surface area is 152 Å². The highest BCUT2D eigenvalue weighted by Crippen LogP contribution is 2.07. The molecule has 0 heterocycles. The van der Waals surface area contributed by atoms with Crippen LogP contribution in [0.15, 0.2) is 0 Å². The van der Waals surface area contributed by atoms with Crippen LogP contribution >= 0.6 is 0 Å². The van der Waals surface area contributed by atoms with Gasteiger partial charge in [0.05, 0.1) is 72.0 Å². The SMILES string of the molecule is CC(C)OCCOCCOCCOCCOCCC(=O)OC(C)(C)C. The summed E-state index contributed by atoms with van der Waals surface area (Å²) in [6, 6.07) is 0. The zero-order valence-corrected chi connectivity index (χ0v) is 16.5. The van der Waals surface area contributed by atoms with E-state index >= 15 is 0 Å². The Morgan fingerprint density at radius 2 is 1.12 bits per heavy atom. The topological polar surface area (TPSA) is 72.5 Å². The van der Waals surface area contributed by atoms with Crippen molar-refractivity contribution in [2.75, 3.05) is 59.5 Å². The Kier molecular flexibility index (Phi) is 15.1. The molecule has 0 aromatic carbocycles. The Balaban J connectivity index is 3.16. The number of hydrogen-bond donors (Lipinski definition) is 0. The quantitative estimate of drug-likeness (QED) is 0.307. The molecule has 25 heavy (non-hydrogen) atoms. The van der Waals surface area contributed by atoms with E-state index in [0.29, 0.717) is 59.5 Å². The van der Waals surface area contributed by atoms with Crippen molar-refractivity contribution in [3.63, 3.8) is 0 Å². The minimum absolute atomic E-state index is 0.235. The number of esters is 1. The molecule has 0 aliphatic heterocycles. The van der Waals surface area contributed by atoms with E-state index in [1.54, 1.807) is 0 Å². The molecule has 0 aliphatic carbocycles. The molecule has 0 N–H and O–H groups in total. The van der Waals surface area contributed by atoms with Gasteiger partial charge < -0.3 is 28.4 Å². The average molecular weight is 364 g/mol. The highest BCUT2D eigenvalue weighted by molar-refractivity contribution is 5.69. The fourth-order valence-electron chi connectivity index (χ4n) is 1.65. The zero-order valence-electron chi connectivity index (χ0n) is 16.5. The van der Waals surface area contributed by atoms with E-state index in [9.17, 15) is 4.79 Å². The molecule has 0 rings (SSSR count). The highest BCUT2D eigenvalue weighted by Gasteiger charge is 2.15. The summed E-state index contributed by atoms with van der Waals surface area (Å²) in [7, 11) is 0. The summed E-state index contributed by atoms with van der Waals surface area (Å²) >= 11 is 0. The second-order valence-corrected chi connectivity index (χ2v) is 6.71. The summed E-state index contributed by atoms with van der Waals surface area (Å²) in [5.41, 5.74) is -0.451. The molecule has 7 heteroatoms. The summed E-state index contributed by atoms with van der Waals surface area (Å²) in [5, 5.41) is 0. The summed E-state index contributed by atoms with van der Waals surface area (Å²) in [5.74, 6) is -0.250. The lowest BCUT2D eigenvalue weighted by Gasteiger charge is -2.19. The van der Waals surface area contributed by atoms with Crippen LogP contribution in [-0.2, 0) is 33.2 Å². The fourth-order valence-corrected chi connectivity index (χ4v) is 1.65. The van der Waals surface area contributed by atoms with Gasteiger partial charge in [0.2, 0.25) is 0 Å². The van der Waals surface area contributed by atoms with Gasteiger partial charge in [0.15, 0.2) is 0 Å². The molecule has 0 aliphatic rings. The van der Waals surface area contributed by atoms with Gasteiger partial charge in [-0.3, -0.25) is 4.79 Å². The molecule has 0 atom stereocenters. The summed E-state index contributed by atoms with van der Waals surface area (Å²) in [6.07, 6.45) is 0.487. The van der Waals surface area contributed by atoms with Crippen molar-refractivity contribution in [1.82, 2.24) is 0 Å². The van der Waals surface area contributed by atoms with Gasteiger partial charge in [0.1, 0.15) is 5.60 Å². The minimum Gasteiger partial charge on any atom is -0.460 e. The number of carbonyl (C=O) groups is 1. The number of ether oxygens (including phenoxy) is 6. The first kappa shape index (κ1) is 24.3. The van der Waals surface area contributed by atoms with Crippen LogP contribution in [-0.4, -0.2) is 77.1 Å². The zero-order chi connectivity index (χ0) is 19.0. The first-order valence-electron chi connectivity index (χ1n) is 8.95. The predicted molar refractivity (Wildman–Crippen MR) is 94.8 cm³/mol. The van der Waals surface area contributed by atoms with Crippen molar-refractivity contribution in [1.29, 1.82) is 0 Å². The molecule has 0 unspecified atom stereocenters. The van der Waals surface area contributed by atoms with Crippen LogP contribution in [0.4, 0.5) is 0 Å². The summed E-state index contributed by atoms with van der Waals surface area (Å²) in [4.78, 5) is 11.4. The first-order chi connectivity index (χ1) is 11.8. The Bertz CT molecular complexity index is 313. The second-order valence-electron chi connectivity index (χ2n) is 6.71. The molecule has 7 nitrogen and oxygen atoms in total. The molecule has 0 spiro atoms. The van der Waals surface area contributed by atoms with Crippen molar-refractivity contribution < 1.29 is 33.2 Å². The van der Waals surface area contributed by atoms with Gasteiger partial charge in [-0.1, -0.05) is 0 Å². The smallest absolute Gasteiger partial charge is 0.308 e. The minimum atomic E-state index is -0.451. The number of carbonyl (C=O) groups excluding carboxylic acids is 1. The van der Waals surface area contributed by atoms with Crippen LogP contribution < -0.4 is 0 Å². The number of rotatable bonds is 16. The van der Waals surface area contributed by atoms with E-state index in [4.69, 9.17) is 28.4 Å². The lowest BCUT2D eigenvalue weighted by molar-refractivity contribution is -0.156. The van der Waals surface area contributed by atoms with Crippen molar-refractivity contribution in [2.24, 2.45) is 0 Å². The molecule has 0 aromatic heterocycles. The van der Waals surface area contributed by atoms with Gasteiger partial charge in [0.25, 0.3) is 0 Å². The van der Waals surface area contributed by atoms with E-state index in [0.717, 1.165) is 0 Å². The van der Waals surface area contributed by atoms with Gasteiger partial charge in [-0.2, -0.15) is 0 Å². The van der Waals surface area contributed by atoms with Crippen LogP contribution in [0, 0.1) is 0 Å². The maximum absolute atomic E-state index is 11.4. The van der Waals surface area contributed by atoms with Crippen LogP contribution in [0.5, 0.6) is 0 Å². The fraction of sp³-hybridized carbons (Fsp3) is 0.944. The summed E-state index contributed by atoms with van der Waals surface area (Å²) < 4.78 is 31.9. The molecular weight excluding hydrogens is 328 g/mol. The van der Waals surface area contributed by atoms with Crippen molar-refractivity contribution in [3.8, 4) is 0 Å². The van der Waals surface area contributed by atoms with Crippen LogP contribution in [0.2, 0.25) is 0 Å². The van der Waals surface area contributed by atoms with E-state index < -0.39 is 5.60 Å². The molecule has 0 amide bonds. The van der Waals surface area contributed by atoms with Gasteiger partial charge >= 0.3 is 5.97 Å². The lowest BCUT2D eigenvalue weighted by Crippen LogP contribution is -2.24. The van der Waals surface area contributed by atoms with E-state index in [2.05, 4.69) is 0 Å². The largest absolute Gasteiger partial charge is 0.460 e. The third kappa shape index (κ3) is 21.2. The van der Waals surface area contributed by atoms with Gasteiger partial charge in [0, 0.05) is 0 Å². The Morgan fingerprint density at radius 3 is 1.52 bits per heavy atom. The van der Waals surface area contributed by atoms with Crippen LogP contribution in [0.3, 0.4) is 0 Å². The second kappa shape index (κ2) is 15.5. The number of hydrogen-bond acceptors (Lipinski definition) is 7. The highest BCUT2D eigenvalue weighted by atomic mass is 16.6. The molecule has 150 valence electrons. The Hall–Kier alpha value is -0.730. The molecule has 0 saturated heterocycles. The average Bonchev–Trinajstić information content (AvgIpc) is 2.49. The molecule has 0 radical (unpaired) electrons. The van der Waals surface area contributed by atoms with E-state index in [1.165, 1.54) is 0 Å². The van der Waals surface area contributed by atoms with Crippen LogP contribution in [0.1, 0.15) is 41.0 Å². The van der Waals surface area contributed by atoms with E-state index in [1.807, 2.05) is 34.6 Å². The third-order valence-electron chi connectivity index (χ3n) is 2.67. The van der Waals surface area contributed by atoms with Crippen molar-refractivity contribution in [2.45, 2.75) is 52.7 Å².